The van der Waals surface area contributed by atoms with Crippen LogP contribution in [0.1, 0.15) is 6.42 Å². The van der Waals surface area contributed by atoms with E-state index in [4.69, 9.17) is 10.8 Å². The normalized spacial score (nSPS) is 11.3. The summed E-state index contributed by atoms with van der Waals surface area (Å²) in [6, 6.07) is -2.05. The number of rotatable bonds is 6. The molecule has 1 atom stereocenters. The van der Waals surface area contributed by atoms with Gasteiger partial charge in [0.2, 0.25) is 5.91 Å². The number of carboxylic acids is 1. The molecule has 90 valence electrons. The summed E-state index contributed by atoms with van der Waals surface area (Å²) in [6.07, 6.45) is -0.460. The Morgan fingerprint density at radius 1 is 1.44 bits per heavy atom. The number of carboxylic acid groups (broad SMARTS) is 1. The van der Waals surface area contributed by atoms with Gasteiger partial charge in [0.05, 0.1) is 13.0 Å². The largest absolute Gasteiger partial charge is 0.480 e. The van der Waals surface area contributed by atoms with Crippen LogP contribution in [-0.4, -0.2) is 35.6 Å². The number of amides is 3. The van der Waals surface area contributed by atoms with E-state index in [2.05, 4.69) is 33.1 Å². The summed E-state index contributed by atoms with van der Waals surface area (Å²) in [5.41, 5.74) is 4.83. The molecule has 0 aliphatic rings. The summed E-state index contributed by atoms with van der Waals surface area (Å²) in [5, 5.41) is 13.1. The fourth-order valence-electron chi connectivity index (χ4n) is 0.787. The quantitative estimate of drug-likeness (QED) is 0.528. The minimum atomic E-state index is -1.33. The Hall–Kier alpha value is -1.57. The van der Waals surface area contributed by atoms with Crippen molar-refractivity contribution in [2.75, 3.05) is 6.54 Å². The van der Waals surface area contributed by atoms with Crippen LogP contribution in [0.15, 0.2) is 11.1 Å². The minimum absolute atomic E-state index is 0.148. The molecule has 0 saturated carbocycles. The highest BCUT2D eigenvalue weighted by molar-refractivity contribution is 9.11. The molecule has 0 aromatic heterocycles. The van der Waals surface area contributed by atoms with E-state index in [1.54, 1.807) is 0 Å². The third kappa shape index (κ3) is 6.82. The smallest absolute Gasteiger partial charge is 0.326 e. The summed E-state index contributed by atoms with van der Waals surface area (Å²) in [6.45, 7) is 3.62. The number of hydrogen-bond donors (Lipinski definition) is 4. The van der Waals surface area contributed by atoms with Gasteiger partial charge in [-0.15, -0.1) is 0 Å². The highest BCUT2D eigenvalue weighted by atomic mass is 79.9. The third-order valence-electron chi connectivity index (χ3n) is 1.45. The Kier molecular flexibility index (Phi) is 6.16. The van der Waals surface area contributed by atoms with E-state index in [-0.39, 0.29) is 6.54 Å². The summed E-state index contributed by atoms with van der Waals surface area (Å²) >= 11 is 3.01. The molecule has 16 heavy (non-hydrogen) atoms. The van der Waals surface area contributed by atoms with E-state index >= 15 is 0 Å². The molecule has 0 heterocycles. The zero-order chi connectivity index (χ0) is 12.7. The molecule has 0 radical (unpaired) electrons. The van der Waals surface area contributed by atoms with Crippen LogP contribution in [0.5, 0.6) is 0 Å². The first-order valence-electron chi connectivity index (χ1n) is 4.21. The molecular weight excluding hydrogens is 282 g/mol. The van der Waals surface area contributed by atoms with Crippen molar-refractivity contribution >= 4 is 33.8 Å². The van der Waals surface area contributed by atoms with E-state index in [1.165, 1.54) is 0 Å². The number of halogens is 1. The van der Waals surface area contributed by atoms with Crippen LogP contribution in [0, 0.1) is 0 Å². The van der Waals surface area contributed by atoms with Gasteiger partial charge in [0.1, 0.15) is 6.04 Å². The average Bonchev–Trinajstić information content (AvgIpc) is 2.12. The second kappa shape index (κ2) is 6.83. The molecule has 8 heteroatoms. The maximum atomic E-state index is 11.1. The number of aliphatic carboxylic acids is 1. The van der Waals surface area contributed by atoms with Crippen molar-refractivity contribution < 1.29 is 19.5 Å². The van der Waals surface area contributed by atoms with Gasteiger partial charge in [0.25, 0.3) is 0 Å². The van der Waals surface area contributed by atoms with Gasteiger partial charge in [-0.1, -0.05) is 22.5 Å². The lowest BCUT2D eigenvalue weighted by Gasteiger charge is -2.13. The second-order valence-corrected chi connectivity index (χ2v) is 4.03. The molecule has 7 nitrogen and oxygen atoms in total. The van der Waals surface area contributed by atoms with Crippen LogP contribution in [0.4, 0.5) is 4.79 Å². The standard InChI is InChI=1S/C8H12BrN3O4/c1-4(9)3-11-8(16)12-5(7(14)15)2-6(10)13/h5H,1-3H2,(H2,10,13)(H,14,15)(H2,11,12,16)/t5-/m1/s1. The zero-order valence-corrected chi connectivity index (χ0v) is 9.91. The fourth-order valence-corrected chi connectivity index (χ4v) is 0.927. The van der Waals surface area contributed by atoms with E-state index in [0.29, 0.717) is 4.48 Å². The molecule has 0 spiro atoms. The van der Waals surface area contributed by atoms with Crippen molar-refractivity contribution in [3.63, 3.8) is 0 Å². The first-order valence-corrected chi connectivity index (χ1v) is 5.01. The predicted molar refractivity (Wildman–Crippen MR) is 59.8 cm³/mol. The van der Waals surface area contributed by atoms with E-state index in [1.807, 2.05) is 0 Å². The van der Waals surface area contributed by atoms with Crippen molar-refractivity contribution in [1.29, 1.82) is 0 Å². The highest BCUT2D eigenvalue weighted by Gasteiger charge is 2.21. The van der Waals surface area contributed by atoms with Crippen LogP contribution in [-0.2, 0) is 9.59 Å². The molecule has 0 aromatic rings. The van der Waals surface area contributed by atoms with Crippen molar-refractivity contribution in [2.45, 2.75) is 12.5 Å². The van der Waals surface area contributed by atoms with Crippen molar-refractivity contribution in [3.8, 4) is 0 Å². The monoisotopic (exact) mass is 293 g/mol. The van der Waals surface area contributed by atoms with Crippen molar-refractivity contribution in [2.24, 2.45) is 5.73 Å². The second-order valence-electron chi connectivity index (χ2n) is 2.91. The van der Waals surface area contributed by atoms with Crippen LogP contribution < -0.4 is 16.4 Å². The number of carbonyl (C=O) groups is 3. The Labute approximate surface area is 100 Å². The van der Waals surface area contributed by atoms with Crippen LogP contribution in [0.2, 0.25) is 0 Å². The summed E-state index contributed by atoms with van der Waals surface area (Å²) in [5.74, 6) is -2.13. The lowest BCUT2D eigenvalue weighted by atomic mass is 10.2. The first-order chi connectivity index (χ1) is 7.32. The van der Waals surface area contributed by atoms with Gasteiger partial charge >= 0.3 is 12.0 Å². The minimum Gasteiger partial charge on any atom is -0.480 e. The molecule has 0 aromatic carbocycles. The predicted octanol–water partition coefficient (Wildman–Crippen LogP) is -0.477. The Balaban J connectivity index is 4.18. The molecular formula is C8H12BrN3O4. The first kappa shape index (κ1) is 14.4. The number of primary amides is 1. The number of urea groups is 1. The molecule has 3 amide bonds. The highest BCUT2D eigenvalue weighted by Crippen LogP contribution is 1.97. The molecule has 0 unspecified atom stereocenters. The van der Waals surface area contributed by atoms with Crippen molar-refractivity contribution in [3.05, 3.63) is 11.1 Å². The van der Waals surface area contributed by atoms with Gasteiger partial charge in [-0.2, -0.15) is 0 Å². The Morgan fingerprint density at radius 2 is 2.00 bits per heavy atom. The van der Waals surface area contributed by atoms with Gasteiger partial charge < -0.3 is 21.5 Å². The Morgan fingerprint density at radius 3 is 2.38 bits per heavy atom. The summed E-state index contributed by atoms with van der Waals surface area (Å²) in [7, 11) is 0. The third-order valence-corrected chi connectivity index (χ3v) is 1.73. The average molecular weight is 294 g/mol. The molecule has 0 aliphatic heterocycles. The van der Waals surface area contributed by atoms with Gasteiger partial charge in [-0.05, 0) is 0 Å². The summed E-state index contributed by atoms with van der Waals surface area (Å²) in [4.78, 5) is 32.3. The molecule has 0 bridgehead atoms. The molecule has 0 aliphatic carbocycles. The van der Waals surface area contributed by atoms with Crippen LogP contribution in [0.25, 0.3) is 0 Å². The SMILES string of the molecule is C=C(Br)CNC(=O)N[C@H](CC(N)=O)C(=O)O. The van der Waals surface area contributed by atoms with E-state index in [0.717, 1.165) is 0 Å². The van der Waals surface area contributed by atoms with E-state index in [9.17, 15) is 14.4 Å². The topological polar surface area (TPSA) is 122 Å². The number of hydrogen-bond acceptors (Lipinski definition) is 3. The maximum absolute atomic E-state index is 11.1. The van der Waals surface area contributed by atoms with Gasteiger partial charge in [0, 0.05) is 4.48 Å². The fraction of sp³-hybridized carbons (Fsp3) is 0.375. The lowest BCUT2D eigenvalue weighted by molar-refractivity contribution is -0.140. The molecule has 0 fully saturated rings. The maximum Gasteiger partial charge on any atom is 0.326 e. The molecule has 0 saturated heterocycles. The van der Waals surface area contributed by atoms with Crippen molar-refractivity contribution in [1.82, 2.24) is 10.6 Å². The zero-order valence-electron chi connectivity index (χ0n) is 8.33. The van der Waals surface area contributed by atoms with E-state index < -0.39 is 30.4 Å². The van der Waals surface area contributed by atoms with Gasteiger partial charge in [-0.3, -0.25) is 4.79 Å². The molecule has 0 rings (SSSR count). The van der Waals surface area contributed by atoms with Crippen LogP contribution >= 0.6 is 15.9 Å². The lowest BCUT2D eigenvalue weighted by Crippen LogP contribution is -2.47. The van der Waals surface area contributed by atoms with Gasteiger partial charge in [0.15, 0.2) is 0 Å². The van der Waals surface area contributed by atoms with Crippen LogP contribution in [0.3, 0.4) is 0 Å². The summed E-state index contributed by atoms with van der Waals surface area (Å²) < 4.78 is 0.532. The van der Waals surface area contributed by atoms with Gasteiger partial charge in [-0.25, -0.2) is 9.59 Å². The molecule has 5 N–H and O–H groups in total. The number of nitrogens with one attached hydrogen (secondary N) is 2. The Bertz CT molecular complexity index is 318. The number of carbonyl (C=O) groups excluding carboxylic acids is 2. The number of nitrogens with two attached hydrogens (primary N) is 1.